The van der Waals surface area contributed by atoms with Gasteiger partial charge in [0.25, 0.3) is 0 Å². The van der Waals surface area contributed by atoms with Gasteiger partial charge in [-0.2, -0.15) is 0 Å². The van der Waals surface area contributed by atoms with Crippen LogP contribution in [0, 0.1) is 0 Å². The first kappa shape index (κ1) is 21.6. The maximum atomic E-state index is 10.7. The lowest BCUT2D eigenvalue weighted by Crippen LogP contribution is -2.26. The molecule has 0 aromatic heterocycles. The average molecular weight is 300 g/mol. The SMILES string of the molecule is C=C(C)C(=O)OC(C)O.CCC(C=C(C)C(N)=O)N(C)C. The van der Waals surface area contributed by atoms with E-state index in [1.807, 2.05) is 20.2 Å². The molecule has 0 aliphatic rings. The van der Waals surface area contributed by atoms with Gasteiger partial charge in [-0.25, -0.2) is 4.79 Å². The fourth-order valence-corrected chi connectivity index (χ4v) is 1.26. The molecule has 0 aliphatic heterocycles. The zero-order valence-corrected chi connectivity index (χ0v) is 13.8. The molecule has 1 amide bonds. The molecule has 0 aliphatic carbocycles. The third-order valence-corrected chi connectivity index (χ3v) is 2.54. The molecule has 0 bridgehead atoms. The van der Waals surface area contributed by atoms with E-state index in [-0.39, 0.29) is 11.5 Å². The monoisotopic (exact) mass is 300 g/mol. The lowest BCUT2D eigenvalue weighted by Gasteiger charge is -2.19. The molecule has 0 rings (SSSR count). The molecule has 0 aromatic rings. The van der Waals surface area contributed by atoms with Crippen LogP contribution in [0.2, 0.25) is 0 Å². The zero-order valence-electron chi connectivity index (χ0n) is 13.8. The molecule has 0 spiro atoms. The molecule has 6 nitrogen and oxygen atoms in total. The van der Waals surface area contributed by atoms with Crippen molar-refractivity contribution >= 4 is 11.9 Å². The van der Waals surface area contributed by atoms with Crippen LogP contribution < -0.4 is 5.73 Å². The Morgan fingerprint density at radius 3 is 2.05 bits per heavy atom. The number of likely N-dealkylation sites (N-methyl/N-ethyl adjacent to an activating group) is 1. The van der Waals surface area contributed by atoms with Crippen molar-refractivity contribution in [1.82, 2.24) is 4.90 Å². The number of esters is 1. The predicted molar refractivity (Wildman–Crippen MR) is 83.3 cm³/mol. The van der Waals surface area contributed by atoms with Gasteiger partial charge in [0, 0.05) is 17.2 Å². The fraction of sp³-hybridized carbons (Fsp3) is 0.600. The predicted octanol–water partition coefficient (Wildman–Crippen LogP) is 1.20. The number of rotatable bonds is 6. The van der Waals surface area contributed by atoms with Gasteiger partial charge >= 0.3 is 5.97 Å². The first-order valence-electron chi connectivity index (χ1n) is 6.72. The first-order valence-corrected chi connectivity index (χ1v) is 6.72. The molecule has 0 saturated carbocycles. The Morgan fingerprint density at radius 2 is 1.86 bits per heavy atom. The van der Waals surface area contributed by atoms with Crippen molar-refractivity contribution < 1.29 is 19.4 Å². The number of carbonyl (C=O) groups is 2. The Morgan fingerprint density at radius 1 is 1.38 bits per heavy atom. The molecular weight excluding hydrogens is 272 g/mol. The fourth-order valence-electron chi connectivity index (χ4n) is 1.26. The van der Waals surface area contributed by atoms with E-state index in [2.05, 4.69) is 23.1 Å². The lowest BCUT2D eigenvalue weighted by molar-refractivity contribution is -0.159. The summed E-state index contributed by atoms with van der Waals surface area (Å²) in [6.07, 6.45) is 1.84. The van der Waals surface area contributed by atoms with E-state index in [1.54, 1.807) is 6.92 Å². The number of primary amides is 1. The summed E-state index contributed by atoms with van der Waals surface area (Å²) in [6, 6.07) is 0.303. The standard InChI is InChI=1S/C9H18N2O.C6H10O3/c1-5-8(11(3)4)6-7(2)9(10)12;1-4(2)6(8)9-5(3)7/h6,8H,5H2,1-4H3,(H2,10,12);5,7H,1H2,2-3H3. The van der Waals surface area contributed by atoms with Crippen LogP contribution in [0.1, 0.15) is 34.1 Å². The number of amides is 1. The molecule has 0 fully saturated rings. The Hall–Kier alpha value is -1.66. The third kappa shape index (κ3) is 11.8. The highest BCUT2D eigenvalue weighted by Crippen LogP contribution is 2.04. The minimum absolute atomic E-state index is 0.288. The number of aliphatic hydroxyl groups is 1. The molecule has 0 aromatic carbocycles. The maximum absolute atomic E-state index is 10.7. The minimum atomic E-state index is -1.05. The second kappa shape index (κ2) is 11.0. The summed E-state index contributed by atoms with van der Waals surface area (Å²) in [6.45, 7) is 10.0. The number of nitrogens with two attached hydrogens (primary N) is 1. The van der Waals surface area contributed by atoms with E-state index in [1.165, 1.54) is 13.8 Å². The first-order chi connectivity index (χ1) is 9.52. The molecule has 0 radical (unpaired) electrons. The summed E-state index contributed by atoms with van der Waals surface area (Å²) in [4.78, 5) is 23.2. The highest BCUT2D eigenvalue weighted by molar-refractivity contribution is 5.91. The Labute approximate surface area is 127 Å². The Kier molecular flexibility index (Phi) is 11.4. The van der Waals surface area contributed by atoms with Gasteiger partial charge < -0.3 is 20.5 Å². The minimum Gasteiger partial charge on any atom is -0.433 e. The summed E-state index contributed by atoms with van der Waals surface area (Å²) in [5.74, 6) is -0.902. The quantitative estimate of drug-likeness (QED) is 0.437. The van der Waals surface area contributed by atoms with Crippen molar-refractivity contribution in [2.24, 2.45) is 5.73 Å². The zero-order chi connectivity index (χ0) is 17.2. The summed E-state index contributed by atoms with van der Waals surface area (Å²) in [5, 5.41) is 8.49. The number of hydrogen-bond donors (Lipinski definition) is 2. The van der Waals surface area contributed by atoms with Crippen molar-refractivity contribution in [3.63, 3.8) is 0 Å². The average Bonchev–Trinajstić information content (AvgIpc) is 2.34. The molecular formula is C15H28N2O4. The van der Waals surface area contributed by atoms with Crippen LogP contribution in [0.5, 0.6) is 0 Å². The van der Waals surface area contributed by atoms with Gasteiger partial charge in [0.1, 0.15) is 0 Å². The van der Waals surface area contributed by atoms with Gasteiger partial charge in [-0.05, 0) is 41.3 Å². The number of nitrogens with zero attached hydrogens (tertiary/aromatic N) is 1. The summed E-state index contributed by atoms with van der Waals surface area (Å²) >= 11 is 0. The summed E-state index contributed by atoms with van der Waals surface area (Å²) in [5.41, 5.74) is 6.04. The van der Waals surface area contributed by atoms with E-state index >= 15 is 0 Å². The highest BCUT2D eigenvalue weighted by Gasteiger charge is 2.07. The van der Waals surface area contributed by atoms with E-state index in [0.29, 0.717) is 11.6 Å². The lowest BCUT2D eigenvalue weighted by atomic mass is 10.1. The van der Waals surface area contributed by atoms with Crippen LogP contribution >= 0.6 is 0 Å². The van der Waals surface area contributed by atoms with Crippen LogP contribution in [0.3, 0.4) is 0 Å². The topological polar surface area (TPSA) is 92.9 Å². The summed E-state index contributed by atoms with van der Waals surface area (Å²) in [7, 11) is 3.97. The van der Waals surface area contributed by atoms with Gasteiger partial charge in [-0.1, -0.05) is 19.6 Å². The van der Waals surface area contributed by atoms with Crippen molar-refractivity contribution in [2.75, 3.05) is 14.1 Å². The Bertz CT molecular complexity index is 387. The van der Waals surface area contributed by atoms with E-state index in [9.17, 15) is 9.59 Å². The second-order valence-corrected chi connectivity index (χ2v) is 4.94. The normalized spacial score (nSPS) is 13.8. The largest absolute Gasteiger partial charge is 0.433 e. The number of ether oxygens (including phenoxy) is 1. The smallest absolute Gasteiger partial charge is 0.335 e. The molecule has 2 unspecified atom stereocenters. The van der Waals surface area contributed by atoms with Crippen LogP contribution in [-0.4, -0.2) is 48.3 Å². The number of hydrogen-bond acceptors (Lipinski definition) is 5. The van der Waals surface area contributed by atoms with Gasteiger partial charge in [-0.15, -0.1) is 0 Å². The van der Waals surface area contributed by atoms with Crippen molar-refractivity contribution in [1.29, 1.82) is 0 Å². The maximum Gasteiger partial charge on any atom is 0.335 e. The molecule has 122 valence electrons. The highest BCUT2D eigenvalue weighted by atomic mass is 16.6. The number of aliphatic hydroxyl groups excluding tert-OH is 1. The molecule has 2 atom stereocenters. The van der Waals surface area contributed by atoms with E-state index in [4.69, 9.17) is 10.8 Å². The summed E-state index contributed by atoms with van der Waals surface area (Å²) < 4.78 is 4.33. The van der Waals surface area contributed by atoms with Crippen LogP contribution in [0.15, 0.2) is 23.8 Å². The molecule has 3 N–H and O–H groups in total. The Balaban J connectivity index is 0. The van der Waals surface area contributed by atoms with Crippen LogP contribution in [0.25, 0.3) is 0 Å². The second-order valence-electron chi connectivity index (χ2n) is 4.94. The van der Waals surface area contributed by atoms with Crippen LogP contribution in [-0.2, 0) is 14.3 Å². The molecule has 6 heteroatoms. The van der Waals surface area contributed by atoms with Crippen molar-refractivity contribution in [3.05, 3.63) is 23.8 Å². The molecule has 0 heterocycles. The van der Waals surface area contributed by atoms with Crippen LogP contribution in [0.4, 0.5) is 0 Å². The van der Waals surface area contributed by atoms with Gasteiger partial charge in [-0.3, -0.25) is 4.79 Å². The van der Waals surface area contributed by atoms with E-state index < -0.39 is 12.3 Å². The van der Waals surface area contributed by atoms with Gasteiger partial charge in [0.15, 0.2) is 6.29 Å². The van der Waals surface area contributed by atoms with Crippen molar-refractivity contribution in [3.8, 4) is 0 Å². The number of carbonyl (C=O) groups excluding carboxylic acids is 2. The molecule has 0 saturated heterocycles. The van der Waals surface area contributed by atoms with E-state index in [0.717, 1.165) is 6.42 Å². The third-order valence-electron chi connectivity index (χ3n) is 2.54. The van der Waals surface area contributed by atoms with Gasteiger partial charge in [0.2, 0.25) is 5.91 Å². The molecule has 21 heavy (non-hydrogen) atoms. The van der Waals surface area contributed by atoms with Gasteiger partial charge in [0.05, 0.1) is 0 Å². The van der Waals surface area contributed by atoms with Crippen molar-refractivity contribution in [2.45, 2.75) is 46.4 Å².